The highest BCUT2D eigenvalue weighted by Gasteiger charge is 2.15. The number of carbonyl (C=O) groups is 2. The Hall–Kier alpha value is -2.96. The fourth-order valence-electron chi connectivity index (χ4n) is 1.73. The SMILES string of the molecule is CCOc1c(F)ccc(C=O)c1OCC.NC(=O)c1cccnc1. The third kappa shape index (κ3) is 5.35. The zero-order valence-corrected chi connectivity index (χ0v) is 13.5. The second kappa shape index (κ2) is 9.94. The summed E-state index contributed by atoms with van der Waals surface area (Å²) in [5.41, 5.74) is 5.67. The molecule has 2 rings (SSSR count). The molecule has 7 heteroatoms. The lowest BCUT2D eigenvalue weighted by Crippen LogP contribution is -2.10. The number of primary amides is 1. The van der Waals surface area contributed by atoms with Crippen molar-refractivity contribution in [2.45, 2.75) is 13.8 Å². The average Bonchev–Trinajstić information content (AvgIpc) is 2.60. The van der Waals surface area contributed by atoms with Crippen LogP contribution in [0.3, 0.4) is 0 Å². The fourth-order valence-corrected chi connectivity index (χ4v) is 1.73. The van der Waals surface area contributed by atoms with E-state index in [1.165, 1.54) is 18.3 Å². The molecule has 0 radical (unpaired) electrons. The molecule has 128 valence electrons. The molecule has 0 fully saturated rings. The number of hydrogen-bond acceptors (Lipinski definition) is 5. The fraction of sp³-hybridized carbons (Fsp3) is 0.235. The minimum absolute atomic E-state index is 0.00366. The predicted octanol–water partition coefficient (Wildman–Crippen LogP) is 2.62. The predicted molar refractivity (Wildman–Crippen MR) is 86.9 cm³/mol. The lowest BCUT2D eigenvalue weighted by atomic mass is 10.2. The number of hydrogen-bond donors (Lipinski definition) is 1. The van der Waals surface area contributed by atoms with E-state index in [2.05, 4.69) is 4.98 Å². The standard InChI is InChI=1S/C11H13FO3.C6H6N2O/c1-3-14-10-8(7-13)5-6-9(12)11(10)15-4-2;7-6(9)5-2-1-3-8-4-5/h5-7H,3-4H2,1-2H3;1-4H,(H2,7,9). The highest BCUT2D eigenvalue weighted by molar-refractivity contribution is 5.92. The Bertz CT molecular complexity index is 678. The number of amides is 1. The molecule has 2 aromatic rings. The number of nitrogens with two attached hydrogens (primary N) is 1. The van der Waals surface area contributed by atoms with Gasteiger partial charge in [0, 0.05) is 12.4 Å². The molecule has 0 saturated heterocycles. The Morgan fingerprint density at radius 3 is 2.33 bits per heavy atom. The summed E-state index contributed by atoms with van der Waals surface area (Å²) in [6.07, 6.45) is 3.64. The second-order valence-electron chi connectivity index (χ2n) is 4.38. The monoisotopic (exact) mass is 334 g/mol. The minimum Gasteiger partial charge on any atom is -0.489 e. The summed E-state index contributed by atoms with van der Waals surface area (Å²) in [5.74, 6) is -0.785. The first-order valence-corrected chi connectivity index (χ1v) is 7.28. The highest BCUT2D eigenvalue weighted by atomic mass is 19.1. The van der Waals surface area contributed by atoms with Crippen molar-refractivity contribution >= 4 is 12.2 Å². The summed E-state index contributed by atoms with van der Waals surface area (Å²) in [4.78, 5) is 24.8. The van der Waals surface area contributed by atoms with Crippen LogP contribution < -0.4 is 15.2 Å². The maximum atomic E-state index is 13.4. The molecular weight excluding hydrogens is 315 g/mol. The molecule has 2 N–H and O–H groups in total. The molecule has 0 atom stereocenters. The van der Waals surface area contributed by atoms with E-state index in [1.54, 1.807) is 32.2 Å². The Morgan fingerprint density at radius 2 is 1.88 bits per heavy atom. The van der Waals surface area contributed by atoms with Gasteiger partial charge in [0.05, 0.1) is 24.3 Å². The van der Waals surface area contributed by atoms with Crippen molar-refractivity contribution in [2.75, 3.05) is 13.2 Å². The number of aromatic nitrogens is 1. The van der Waals surface area contributed by atoms with Crippen LogP contribution in [-0.2, 0) is 0 Å². The van der Waals surface area contributed by atoms with Crippen LogP contribution in [0, 0.1) is 5.82 Å². The van der Waals surface area contributed by atoms with Gasteiger partial charge in [-0.3, -0.25) is 14.6 Å². The number of aldehydes is 1. The van der Waals surface area contributed by atoms with Crippen LogP contribution in [0.15, 0.2) is 36.7 Å². The molecule has 1 aromatic heterocycles. The summed E-state index contributed by atoms with van der Waals surface area (Å²) in [6.45, 7) is 4.17. The number of rotatable bonds is 6. The molecule has 0 bridgehead atoms. The lowest BCUT2D eigenvalue weighted by molar-refractivity contribution is 0.0999. The van der Waals surface area contributed by atoms with Gasteiger partial charge < -0.3 is 15.2 Å². The van der Waals surface area contributed by atoms with Crippen molar-refractivity contribution in [2.24, 2.45) is 5.73 Å². The van der Waals surface area contributed by atoms with Crippen molar-refractivity contribution in [3.8, 4) is 11.5 Å². The van der Waals surface area contributed by atoms with Crippen LogP contribution in [0.25, 0.3) is 0 Å². The molecule has 1 aromatic carbocycles. The molecule has 6 nitrogen and oxygen atoms in total. The van der Waals surface area contributed by atoms with Crippen LogP contribution in [0.1, 0.15) is 34.6 Å². The third-order valence-electron chi connectivity index (χ3n) is 2.74. The van der Waals surface area contributed by atoms with Crippen LogP contribution in [0.5, 0.6) is 11.5 Å². The Morgan fingerprint density at radius 1 is 1.21 bits per heavy atom. The van der Waals surface area contributed by atoms with Gasteiger partial charge >= 0.3 is 0 Å². The van der Waals surface area contributed by atoms with E-state index in [9.17, 15) is 14.0 Å². The van der Waals surface area contributed by atoms with E-state index < -0.39 is 11.7 Å². The molecule has 0 saturated carbocycles. The Balaban J connectivity index is 0.000000272. The van der Waals surface area contributed by atoms with E-state index in [0.29, 0.717) is 30.6 Å². The van der Waals surface area contributed by atoms with Crippen LogP contribution in [-0.4, -0.2) is 30.4 Å². The zero-order chi connectivity index (χ0) is 17.9. The van der Waals surface area contributed by atoms with E-state index in [4.69, 9.17) is 15.2 Å². The van der Waals surface area contributed by atoms with Crippen molar-refractivity contribution in [1.29, 1.82) is 0 Å². The van der Waals surface area contributed by atoms with Gasteiger partial charge in [-0.15, -0.1) is 0 Å². The molecular formula is C17H19FN2O4. The topological polar surface area (TPSA) is 91.5 Å². The van der Waals surface area contributed by atoms with Gasteiger partial charge in [-0.2, -0.15) is 0 Å². The van der Waals surface area contributed by atoms with Gasteiger partial charge in [-0.1, -0.05) is 0 Å². The van der Waals surface area contributed by atoms with Crippen LogP contribution in [0.4, 0.5) is 4.39 Å². The molecule has 0 aliphatic carbocycles. The lowest BCUT2D eigenvalue weighted by Gasteiger charge is -2.12. The Kier molecular flexibility index (Phi) is 7.90. The zero-order valence-electron chi connectivity index (χ0n) is 13.5. The molecule has 0 spiro atoms. The smallest absolute Gasteiger partial charge is 0.250 e. The first kappa shape index (κ1) is 19.1. The minimum atomic E-state index is -0.522. The molecule has 0 unspecified atom stereocenters. The normalized spacial score (nSPS) is 9.46. The van der Waals surface area contributed by atoms with Crippen molar-refractivity contribution in [3.05, 3.63) is 53.6 Å². The second-order valence-corrected chi connectivity index (χ2v) is 4.38. The molecule has 0 aliphatic rings. The summed E-state index contributed by atoms with van der Waals surface area (Å²) in [6, 6.07) is 5.85. The number of carbonyl (C=O) groups excluding carboxylic acids is 2. The van der Waals surface area contributed by atoms with Crippen molar-refractivity contribution in [3.63, 3.8) is 0 Å². The van der Waals surface area contributed by atoms with Gasteiger partial charge in [-0.05, 0) is 38.1 Å². The summed E-state index contributed by atoms with van der Waals surface area (Å²) in [7, 11) is 0. The van der Waals surface area contributed by atoms with Gasteiger partial charge in [0.1, 0.15) is 0 Å². The van der Waals surface area contributed by atoms with Gasteiger partial charge in [0.15, 0.2) is 23.6 Å². The number of ether oxygens (including phenoxy) is 2. The summed E-state index contributed by atoms with van der Waals surface area (Å²) >= 11 is 0. The van der Waals surface area contributed by atoms with Gasteiger partial charge in [-0.25, -0.2) is 4.39 Å². The van der Waals surface area contributed by atoms with Crippen molar-refractivity contribution in [1.82, 2.24) is 4.98 Å². The van der Waals surface area contributed by atoms with E-state index in [0.717, 1.165) is 0 Å². The number of pyridine rings is 1. The molecule has 1 heterocycles. The molecule has 24 heavy (non-hydrogen) atoms. The molecule has 1 amide bonds. The molecule has 0 aliphatic heterocycles. The van der Waals surface area contributed by atoms with Crippen molar-refractivity contribution < 1.29 is 23.5 Å². The summed E-state index contributed by atoms with van der Waals surface area (Å²) < 4.78 is 23.7. The number of halogens is 1. The van der Waals surface area contributed by atoms with E-state index in [-0.39, 0.29) is 11.5 Å². The Labute approximate surface area is 139 Å². The first-order valence-electron chi connectivity index (χ1n) is 7.28. The number of nitrogens with zero attached hydrogens (tertiary/aromatic N) is 1. The summed E-state index contributed by atoms with van der Waals surface area (Å²) in [5, 5.41) is 0. The van der Waals surface area contributed by atoms with Gasteiger partial charge in [0.2, 0.25) is 5.91 Å². The highest BCUT2D eigenvalue weighted by Crippen LogP contribution is 2.33. The maximum absolute atomic E-state index is 13.4. The number of benzene rings is 1. The van der Waals surface area contributed by atoms with E-state index >= 15 is 0 Å². The van der Waals surface area contributed by atoms with Crippen LogP contribution >= 0.6 is 0 Å². The maximum Gasteiger partial charge on any atom is 0.250 e. The van der Waals surface area contributed by atoms with Crippen LogP contribution in [0.2, 0.25) is 0 Å². The average molecular weight is 334 g/mol. The largest absolute Gasteiger partial charge is 0.489 e. The van der Waals surface area contributed by atoms with Gasteiger partial charge in [0.25, 0.3) is 0 Å². The van der Waals surface area contributed by atoms with E-state index in [1.807, 2.05) is 0 Å². The first-order chi connectivity index (χ1) is 11.5. The quantitative estimate of drug-likeness (QED) is 0.820. The third-order valence-corrected chi connectivity index (χ3v) is 2.74.